The minimum absolute atomic E-state index is 0.0490. The van der Waals surface area contributed by atoms with Crippen LogP contribution < -0.4 is 10.2 Å². The smallest absolute Gasteiger partial charge is 0.271 e. The Morgan fingerprint density at radius 3 is 2.54 bits per heavy atom. The lowest BCUT2D eigenvalue weighted by molar-refractivity contribution is 0.0955. The number of nitrogens with zero attached hydrogens (tertiary/aromatic N) is 2. The molecule has 2 aromatic rings. The molecule has 0 aliphatic rings. The predicted octanol–water partition coefficient (Wildman–Crippen LogP) is 2.20. The lowest BCUT2D eigenvalue weighted by atomic mass is 10.2. The van der Waals surface area contributed by atoms with Gasteiger partial charge in [-0.25, -0.2) is 13.8 Å². The van der Waals surface area contributed by atoms with Crippen LogP contribution in [0.2, 0.25) is 0 Å². The number of rotatable bonds is 8. The van der Waals surface area contributed by atoms with E-state index in [-0.39, 0.29) is 16.2 Å². The van der Waals surface area contributed by atoms with Gasteiger partial charge in [-0.05, 0) is 42.0 Å². The van der Waals surface area contributed by atoms with Gasteiger partial charge in [0.2, 0.25) is 10.0 Å². The Morgan fingerprint density at radius 1 is 1.21 bits per heavy atom. The number of hydrogen-bond acceptors (Lipinski definition) is 6. The minimum atomic E-state index is -3.66. The number of hydrogen-bond donors (Lipinski definition) is 2. The third-order valence-corrected chi connectivity index (χ3v) is 6.07. The molecule has 28 heavy (non-hydrogen) atoms. The first kappa shape index (κ1) is 21.4. The van der Waals surface area contributed by atoms with Gasteiger partial charge in [0.1, 0.15) is 0 Å². The van der Waals surface area contributed by atoms with Gasteiger partial charge in [0.15, 0.2) is 11.5 Å². The second kappa shape index (κ2) is 9.34. The summed E-state index contributed by atoms with van der Waals surface area (Å²) in [5.41, 5.74) is 3.06. The third-order valence-electron chi connectivity index (χ3n) is 4.02. The number of benzene rings is 2. The summed E-state index contributed by atoms with van der Waals surface area (Å²) in [7, 11) is -2.21. The van der Waals surface area contributed by atoms with E-state index in [4.69, 9.17) is 4.74 Å². The molecule has 0 fully saturated rings. The number of sulfonamides is 1. The first-order valence-corrected chi connectivity index (χ1v) is 10.1. The molecule has 2 rings (SSSR count). The summed E-state index contributed by atoms with van der Waals surface area (Å²) >= 11 is 0. The Labute approximate surface area is 164 Å². The Bertz CT molecular complexity index is 969. The normalized spacial score (nSPS) is 11.7. The highest BCUT2D eigenvalue weighted by molar-refractivity contribution is 7.89. The van der Waals surface area contributed by atoms with Crippen molar-refractivity contribution in [3.05, 3.63) is 53.6 Å². The Kier molecular flexibility index (Phi) is 7.13. The number of carbonyl (C=O) groups is 1. The van der Waals surface area contributed by atoms with Crippen molar-refractivity contribution in [3.63, 3.8) is 0 Å². The fourth-order valence-corrected chi connectivity index (χ4v) is 4.03. The fraction of sp³-hybridized carbons (Fsp3) is 0.263. The zero-order valence-electron chi connectivity index (χ0n) is 15.9. The van der Waals surface area contributed by atoms with Crippen molar-refractivity contribution < 1.29 is 23.1 Å². The molecular weight excluding hydrogens is 382 g/mol. The van der Waals surface area contributed by atoms with E-state index >= 15 is 0 Å². The van der Waals surface area contributed by atoms with Gasteiger partial charge in [-0.2, -0.15) is 9.41 Å². The Balaban J connectivity index is 2.14. The van der Waals surface area contributed by atoms with E-state index in [1.165, 1.54) is 48.0 Å². The number of phenols is 1. The van der Waals surface area contributed by atoms with Gasteiger partial charge in [-0.3, -0.25) is 4.79 Å². The lowest BCUT2D eigenvalue weighted by Gasteiger charge is -2.18. The fourth-order valence-electron chi connectivity index (χ4n) is 2.53. The number of hydrazone groups is 1. The van der Waals surface area contributed by atoms with Crippen molar-refractivity contribution in [2.24, 2.45) is 5.10 Å². The SMILES string of the molecule is CCN(CC)S(=O)(=O)c1cccc(C(=O)NN=Cc2ccc(OC)c(O)c2)c1. The quantitative estimate of drug-likeness (QED) is 0.517. The van der Waals surface area contributed by atoms with Crippen molar-refractivity contribution in [1.82, 2.24) is 9.73 Å². The molecule has 0 heterocycles. The number of nitrogens with one attached hydrogen (secondary N) is 1. The number of aromatic hydroxyl groups is 1. The number of carbonyl (C=O) groups excluding carboxylic acids is 1. The van der Waals surface area contributed by atoms with Crippen LogP contribution in [-0.4, -0.2) is 50.2 Å². The van der Waals surface area contributed by atoms with E-state index in [9.17, 15) is 18.3 Å². The summed E-state index contributed by atoms with van der Waals surface area (Å²) in [6.07, 6.45) is 1.35. The largest absolute Gasteiger partial charge is 0.504 e. The first-order valence-electron chi connectivity index (χ1n) is 8.64. The second-order valence-corrected chi connectivity index (χ2v) is 7.69. The minimum Gasteiger partial charge on any atom is -0.504 e. The van der Waals surface area contributed by atoms with Gasteiger partial charge in [-0.1, -0.05) is 19.9 Å². The van der Waals surface area contributed by atoms with Gasteiger partial charge >= 0.3 is 0 Å². The molecule has 0 atom stereocenters. The highest BCUT2D eigenvalue weighted by Crippen LogP contribution is 2.25. The maximum atomic E-state index is 12.6. The first-order chi connectivity index (χ1) is 13.3. The maximum Gasteiger partial charge on any atom is 0.271 e. The Hall–Kier alpha value is -2.91. The molecule has 150 valence electrons. The van der Waals surface area contributed by atoms with Crippen LogP contribution in [0.4, 0.5) is 0 Å². The van der Waals surface area contributed by atoms with Gasteiger partial charge < -0.3 is 9.84 Å². The van der Waals surface area contributed by atoms with Crippen LogP contribution in [-0.2, 0) is 10.0 Å². The molecular formula is C19H23N3O5S. The zero-order chi connectivity index (χ0) is 20.7. The molecule has 0 spiro atoms. The summed E-state index contributed by atoms with van der Waals surface area (Å²) in [6.45, 7) is 4.19. The molecule has 0 radical (unpaired) electrons. The van der Waals surface area contributed by atoms with Crippen molar-refractivity contribution in [2.75, 3.05) is 20.2 Å². The predicted molar refractivity (Wildman–Crippen MR) is 106 cm³/mol. The van der Waals surface area contributed by atoms with Crippen LogP contribution in [0.1, 0.15) is 29.8 Å². The summed E-state index contributed by atoms with van der Waals surface area (Å²) in [6, 6.07) is 10.4. The molecule has 1 amide bonds. The third kappa shape index (κ3) is 4.87. The van der Waals surface area contributed by atoms with Crippen LogP contribution in [0.3, 0.4) is 0 Å². The highest BCUT2D eigenvalue weighted by Gasteiger charge is 2.22. The van der Waals surface area contributed by atoms with E-state index in [0.717, 1.165) is 0 Å². The van der Waals surface area contributed by atoms with Crippen molar-refractivity contribution in [1.29, 1.82) is 0 Å². The molecule has 0 saturated heterocycles. The summed E-state index contributed by atoms with van der Waals surface area (Å²) in [5, 5.41) is 13.6. The average molecular weight is 405 g/mol. The van der Waals surface area contributed by atoms with Crippen LogP contribution in [0.25, 0.3) is 0 Å². The topological polar surface area (TPSA) is 108 Å². The highest BCUT2D eigenvalue weighted by atomic mass is 32.2. The van der Waals surface area contributed by atoms with Crippen LogP contribution >= 0.6 is 0 Å². The molecule has 0 aliphatic heterocycles. The summed E-state index contributed by atoms with van der Waals surface area (Å²) < 4.78 is 31.4. The Morgan fingerprint density at radius 2 is 1.93 bits per heavy atom. The molecule has 0 saturated carbocycles. The lowest BCUT2D eigenvalue weighted by Crippen LogP contribution is -2.30. The van der Waals surface area contributed by atoms with E-state index < -0.39 is 15.9 Å². The molecule has 8 nitrogen and oxygen atoms in total. The monoisotopic (exact) mass is 405 g/mol. The average Bonchev–Trinajstić information content (AvgIpc) is 2.69. The standard InChI is InChI=1S/C19H23N3O5S/c1-4-22(5-2)28(25,26)16-8-6-7-15(12-16)19(24)21-20-13-14-9-10-18(27-3)17(23)11-14/h6-13,23H,4-5H2,1-3H3,(H,21,24). The van der Waals surface area contributed by atoms with Gasteiger partial charge in [-0.15, -0.1) is 0 Å². The van der Waals surface area contributed by atoms with Crippen LogP contribution in [0.15, 0.2) is 52.5 Å². The molecule has 2 N–H and O–H groups in total. The summed E-state index contributed by atoms with van der Waals surface area (Å²) in [5.74, 6) is -0.273. The van der Waals surface area contributed by atoms with Gasteiger partial charge in [0, 0.05) is 18.7 Å². The maximum absolute atomic E-state index is 12.6. The molecule has 0 aromatic heterocycles. The van der Waals surface area contributed by atoms with Crippen molar-refractivity contribution in [3.8, 4) is 11.5 Å². The van der Waals surface area contributed by atoms with E-state index in [2.05, 4.69) is 10.5 Å². The zero-order valence-corrected chi connectivity index (χ0v) is 16.7. The molecule has 9 heteroatoms. The molecule has 0 aliphatic carbocycles. The van der Waals surface area contributed by atoms with Crippen LogP contribution in [0.5, 0.6) is 11.5 Å². The second-order valence-electron chi connectivity index (χ2n) is 5.75. The number of ether oxygens (including phenoxy) is 1. The van der Waals surface area contributed by atoms with Crippen molar-refractivity contribution >= 4 is 22.1 Å². The van der Waals surface area contributed by atoms with Crippen molar-refractivity contribution in [2.45, 2.75) is 18.7 Å². The molecule has 0 bridgehead atoms. The number of phenolic OH excluding ortho intramolecular Hbond substituents is 1. The summed E-state index contributed by atoms with van der Waals surface area (Å²) in [4.78, 5) is 12.3. The number of methoxy groups -OCH3 is 1. The van der Waals surface area contributed by atoms with Crippen LogP contribution in [0, 0.1) is 0 Å². The van der Waals surface area contributed by atoms with E-state index in [1.54, 1.807) is 26.0 Å². The van der Waals surface area contributed by atoms with Gasteiger partial charge in [0.25, 0.3) is 5.91 Å². The molecule has 2 aromatic carbocycles. The van der Waals surface area contributed by atoms with Gasteiger partial charge in [0.05, 0.1) is 18.2 Å². The number of amides is 1. The van der Waals surface area contributed by atoms with E-state index in [0.29, 0.717) is 24.4 Å². The van der Waals surface area contributed by atoms with E-state index in [1.807, 2.05) is 0 Å². The molecule has 0 unspecified atom stereocenters.